The van der Waals surface area contributed by atoms with Crippen LogP contribution in [0.5, 0.6) is 0 Å². The van der Waals surface area contributed by atoms with Crippen molar-refractivity contribution in [1.29, 1.82) is 0 Å². The van der Waals surface area contributed by atoms with Gasteiger partial charge in [0.05, 0.1) is 11.7 Å². The van der Waals surface area contributed by atoms with E-state index in [1.807, 2.05) is 0 Å². The maximum atomic E-state index is 6.17. The molecule has 0 bridgehead atoms. The molecule has 3 rings (SSSR count). The van der Waals surface area contributed by atoms with Crippen molar-refractivity contribution in [2.75, 3.05) is 26.2 Å². The molecule has 1 aromatic carbocycles. The van der Waals surface area contributed by atoms with E-state index < -0.39 is 0 Å². The van der Waals surface area contributed by atoms with Crippen LogP contribution in [0, 0.1) is 0 Å². The molecule has 0 radical (unpaired) electrons. The monoisotopic (exact) mass is 274 g/mol. The van der Waals surface area contributed by atoms with Gasteiger partial charge in [0, 0.05) is 32.2 Å². The lowest BCUT2D eigenvalue weighted by molar-refractivity contribution is -0.0361. The summed E-state index contributed by atoms with van der Waals surface area (Å²) < 4.78 is 6.17. The molecule has 0 aliphatic carbocycles. The Labute approximate surface area is 122 Å². The van der Waals surface area contributed by atoms with Crippen LogP contribution >= 0.6 is 0 Å². The summed E-state index contributed by atoms with van der Waals surface area (Å²) in [7, 11) is 0. The Morgan fingerprint density at radius 1 is 1.30 bits per heavy atom. The van der Waals surface area contributed by atoms with Crippen LogP contribution in [0.4, 0.5) is 0 Å². The van der Waals surface area contributed by atoms with E-state index in [9.17, 15) is 0 Å². The number of piperazine rings is 1. The third kappa shape index (κ3) is 3.22. The Hall–Kier alpha value is -0.900. The molecule has 2 atom stereocenters. The minimum Gasteiger partial charge on any atom is -0.371 e. The van der Waals surface area contributed by atoms with E-state index in [1.165, 1.54) is 18.4 Å². The molecule has 1 N–H and O–H groups in total. The highest BCUT2D eigenvalue weighted by Gasteiger charge is 2.34. The number of hydrogen-bond donors (Lipinski definition) is 1. The van der Waals surface area contributed by atoms with Crippen molar-refractivity contribution >= 4 is 0 Å². The van der Waals surface area contributed by atoms with Crippen LogP contribution in [0.1, 0.15) is 38.3 Å². The minimum absolute atomic E-state index is 0.0704. The topological polar surface area (TPSA) is 24.5 Å². The van der Waals surface area contributed by atoms with E-state index >= 15 is 0 Å². The number of benzene rings is 1. The molecule has 2 aliphatic heterocycles. The second-order valence-corrected chi connectivity index (χ2v) is 6.66. The summed E-state index contributed by atoms with van der Waals surface area (Å²) in [5, 5.41) is 3.52. The summed E-state index contributed by atoms with van der Waals surface area (Å²) in [6.07, 6.45) is 2.77. The Morgan fingerprint density at radius 2 is 2.10 bits per heavy atom. The summed E-state index contributed by atoms with van der Waals surface area (Å²) in [4.78, 5) is 2.60. The van der Waals surface area contributed by atoms with Crippen LogP contribution < -0.4 is 5.32 Å². The largest absolute Gasteiger partial charge is 0.371 e. The summed E-state index contributed by atoms with van der Waals surface area (Å²) in [5.41, 5.74) is 1.48. The highest BCUT2D eigenvalue weighted by molar-refractivity contribution is 5.20. The molecular weight excluding hydrogens is 248 g/mol. The first-order valence-electron chi connectivity index (χ1n) is 7.82. The smallest absolute Gasteiger partial charge is 0.0710 e. The zero-order valence-corrected chi connectivity index (χ0v) is 12.6. The molecule has 2 aliphatic rings. The van der Waals surface area contributed by atoms with Gasteiger partial charge in [-0.25, -0.2) is 0 Å². The Kier molecular flexibility index (Phi) is 4.11. The lowest BCUT2D eigenvalue weighted by atomic mass is 10.0. The van der Waals surface area contributed by atoms with Crippen LogP contribution in [0.15, 0.2) is 30.3 Å². The zero-order chi connectivity index (χ0) is 14.0. The van der Waals surface area contributed by atoms with Crippen LogP contribution in [0.3, 0.4) is 0 Å². The van der Waals surface area contributed by atoms with Gasteiger partial charge in [0.1, 0.15) is 0 Å². The van der Waals surface area contributed by atoms with Crippen molar-refractivity contribution in [3.63, 3.8) is 0 Å². The highest BCUT2D eigenvalue weighted by atomic mass is 16.5. The van der Waals surface area contributed by atoms with Gasteiger partial charge >= 0.3 is 0 Å². The molecule has 1 aromatic rings. The molecule has 2 unspecified atom stereocenters. The first-order chi connectivity index (χ1) is 9.64. The van der Waals surface area contributed by atoms with Crippen molar-refractivity contribution in [1.82, 2.24) is 10.2 Å². The summed E-state index contributed by atoms with van der Waals surface area (Å²) >= 11 is 0. The van der Waals surface area contributed by atoms with E-state index in [-0.39, 0.29) is 5.60 Å². The maximum absolute atomic E-state index is 6.17. The number of nitrogens with zero attached hydrogens (tertiary/aromatic N) is 1. The van der Waals surface area contributed by atoms with E-state index in [1.54, 1.807) is 0 Å². The van der Waals surface area contributed by atoms with Gasteiger partial charge in [-0.1, -0.05) is 30.3 Å². The lowest BCUT2D eigenvalue weighted by Crippen LogP contribution is -2.48. The zero-order valence-electron chi connectivity index (χ0n) is 12.6. The van der Waals surface area contributed by atoms with Gasteiger partial charge in [-0.3, -0.25) is 4.90 Å². The van der Waals surface area contributed by atoms with Crippen molar-refractivity contribution in [2.45, 2.75) is 44.4 Å². The van der Waals surface area contributed by atoms with E-state index in [0.717, 1.165) is 26.2 Å². The molecule has 3 heteroatoms. The normalized spacial score (nSPS) is 30.5. The van der Waals surface area contributed by atoms with Gasteiger partial charge in [0.2, 0.25) is 0 Å². The maximum Gasteiger partial charge on any atom is 0.0710 e. The first-order valence-corrected chi connectivity index (χ1v) is 7.82. The quantitative estimate of drug-likeness (QED) is 0.917. The van der Waals surface area contributed by atoms with Gasteiger partial charge in [0.25, 0.3) is 0 Å². The number of hydrogen-bond acceptors (Lipinski definition) is 3. The molecule has 0 saturated carbocycles. The Morgan fingerprint density at radius 3 is 2.80 bits per heavy atom. The number of nitrogens with one attached hydrogen (secondary N) is 1. The molecule has 2 saturated heterocycles. The van der Waals surface area contributed by atoms with Gasteiger partial charge in [0.15, 0.2) is 0 Å². The molecule has 2 fully saturated rings. The standard InChI is InChI=1S/C17H26N2O/c1-17(2)9-8-15(20-17)13-19-11-10-18-12-16(19)14-6-4-3-5-7-14/h3-7,15-16,18H,8-13H2,1-2H3. The molecule has 0 spiro atoms. The van der Waals surface area contributed by atoms with Gasteiger partial charge in [-0.15, -0.1) is 0 Å². The summed E-state index contributed by atoms with van der Waals surface area (Å²) in [5.74, 6) is 0. The number of ether oxygens (including phenoxy) is 1. The predicted octanol–water partition coefficient (Wildman–Crippen LogP) is 2.59. The van der Waals surface area contributed by atoms with E-state index in [0.29, 0.717) is 12.1 Å². The molecule has 3 nitrogen and oxygen atoms in total. The van der Waals surface area contributed by atoms with Gasteiger partial charge < -0.3 is 10.1 Å². The van der Waals surface area contributed by atoms with Crippen LogP contribution in [-0.2, 0) is 4.74 Å². The molecule has 110 valence electrons. The molecular formula is C17H26N2O. The molecule has 2 heterocycles. The van der Waals surface area contributed by atoms with Crippen LogP contribution in [0.2, 0.25) is 0 Å². The predicted molar refractivity (Wildman–Crippen MR) is 81.8 cm³/mol. The highest BCUT2D eigenvalue weighted by Crippen LogP contribution is 2.31. The fourth-order valence-corrected chi connectivity index (χ4v) is 3.44. The fraction of sp³-hybridized carbons (Fsp3) is 0.647. The van der Waals surface area contributed by atoms with E-state index in [2.05, 4.69) is 54.4 Å². The third-order valence-corrected chi connectivity index (χ3v) is 4.53. The molecule has 20 heavy (non-hydrogen) atoms. The first kappa shape index (κ1) is 14.1. The van der Waals surface area contributed by atoms with Gasteiger partial charge in [-0.2, -0.15) is 0 Å². The van der Waals surface area contributed by atoms with E-state index in [4.69, 9.17) is 4.74 Å². The van der Waals surface area contributed by atoms with Crippen molar-refractivity contribution in [2.24, 2.45) is 0 Å². The molecule has 0 aromatic heterocycles. The summed E-state index contributed by atoms with van der Waals surface area (Å²) in [6.45, 7) is 8.71. The molecule has 0 amide bonds. The van der Waals surface area contributed by atoms with Crippen molar-refractivity contribution < 1.29 is 4.74 Å². The van der Waals surface area contributed by atoms with Crippen molar-refractivity contribution in [3.05, 3.63) is 35.9 Å². The average molecular weight is 274 g/mol. The summed E-state index contributed by atoms with van der Waals surface area (Å²) in [6, 6.07) is 11.3. The van der Waals surface area contributed by atoms with Gasteiger partial charge in [-0.05, 0) is 32.3 Å². The van der Waals surface area contributed by atoms with Crippen molar-refractivity contribution in [3.8, 4) is 0 Å². The van der Waals surface area contributed by atoms with Crippen LogP contribution in [0.25, 0.3) is 0 Å². The third-order valence-electron chi connectivity index (χ3n) is 4.53. The Bertz CT molecular complexity index is 432. The average Bonchev–Trinajstić information content (AvgIpc) is 2.79. The van der Waals surface area contributed by atoms with Crippen LogP contribution in [-0.4, -0.2) is 42.8 Å². The number of rotatable bonds is 3. The second kappa shape index (κ2) is 5.84. The second-order valence-electron chi connectivity index (χ2n) is 6.66. The SMILES string of the molecule is CC1(C)CCC(CN2CCNCC2c2ccccc2)O1. The Balaban J connectivity index is 1.67. The minimum atomic E-state index is 0.0704. The lowest BCUT2D eigenvalue weighted by Gasteiger charge is -2.38. The fourth-order valence-electron chi connectivity index (χ4n) is 3.44.